The largest absolute Gasteiger partial charge is 0.471 e. The van der Waals surface area contributed by atoms with Gasteiger partial charge in [0, 0.05) is 31.4 Å². The second-order valence-corrected chi connectivity index (χ2v) is 8.86. The molecule has 25 heavy (non-hydrogen) atoms. The van der Waals surface area contributed by atoms with Crippen molar-refractivity contribution in [3.05, 3.63) is 71.9 Å². The fraction of sp³-hybridized carbons (Fsp3) is 0.0588. The molecule has 2 aromatic heterocycles. The van der Waals surface area contributed by atoms with Crippen LogP contribution in [-0.4, -0.2) is 15.4 Å². The average Bonchev–Trinajstić information content (AvgIpc) is 2.96. The number of ether oxygens (including phenoxy) is 1. The molecule has 0 saturated heterocycles. The van der Waals surface area contributed by atoms with Crippen LogP contribution in [0.4, 0.5) is 5.69 Å². The van der Waals surface area contributed by atoms with Crippen LogP contribution in [0.5, 0.6) is 0 Å². The summed E-state index contributed by atoms with van der Waals surface area (Å²) in [7, 11) is 0. The first-order chi connectivity index (χ1) is 12.0. The van der Waals surface area contributed by atoms with Crippen molar-refractivity contribution in [1.82, 2.24) is 9.55 Å². The zero-order chi connectivity index (χ0) is 17.6. The Morgan fingerprint density at radius 2 is 1.84 bits per heavy atom. The summed E-state index contributed by atoms with van der Waals surface area (Å²) in [6.07, 6.45) is 3.70. The standard InChI is InChI=1S/C17H9Br4N3O/c18-10-4-9-8-25-17(23-15(9)13(21)5-10)14-6-11(19)7-24(14)16-12(20)2-1-3-22-16/h1-7H,8H2. The molecule has 126 valence electrons. The Kier molecular flexibility index (Phi) is 4.87. The van der Waals surface area contributed by atoms with E-state index in [1.807, 2.05) is 41.1 Å². The maximum atomic E-state index is 5.94. The van der Waals surface area contributed by atoms with E-state index in [-0.39, 0.29) is 0 Å². The molecule has 0 fully saturated rings. The molecular formula is C17H9Br4N3O. The van der Waals surface area contributed by atoms with Gasteiger partial charge in [-0.05, 0) is 78.1 Å². The van der Waals surface area contributed by atoms with Gasteiger partial charge in [-0.25, -0.2) is 9.98 Å². The molecule has 0 bridgehead atoms. The molecule has 1 aliphatic rings. The van der Waals surface area contributed by atoms with Crippen LogP contribution in [-0.2, 0) is 11.3 Å². The van der Waals surface area contributed by atoms with Crippen molar-refractivity contribution < 1.29 is 4.74 Å². The lowest BCUT2D eigenvalue weighted by Gasteiger charge is -2.19. The molecule has 3 heterocycles. The smallest absolute Gasteiger partial charge is 0.239 e. The third-order valence-electron chi connectivity index (χ3n) is 3.66. The number of pyridine rings is 1. The summed E-state index contributed by atoms with van der Waals surface area (Å²) in [5.74, 6) is 1.33. The van der Waals surface area contributed by atoms with E-state index in [1.54, 1.807) is 6.20 Å². The van der Waals surface area contributed by atoms with Gasteiger partial charge in [0.2, 0.25) is 5.90 Å². The van der Waals surface area contributed by atoms with Crippen LogP contribution < -0.4 is 0 Å². The van der Waals surface area contributed by atoms with Crippen molar-refractivity contribution in [2.24, 2.45) is 4.99 Å². The molecule has 8 heteroatoms. The van der Waals surface area contributed by atoms with Gasteiger partial charge in [0.25, 0.3) is 0 Å². The number of nitrogens with zero attached hydrogens (tertiary/aromatic N) is 3. The summed E-state index contributed by atoms with van der Waals surface area (Å²) in [6.45, 7) is 0.457. The average molecular weight is 591 g/mol. The van der Waals surface area contributed by atoms with Crippen LogP contribution in [0.15, 0.2) is 65.6 Å². The van der Waals surface area contributed by atoms with Crippen molar-refractivity contribution in [3.63, 3.8) is 0 Å². The third kappa shape index (κ3) is 3.37. The second-order valence-electron chi connectivity index (χ2n) is 5.32. The normalized spacial score (nSPS) is 13.2. The van der Waals surface area contributed by atoms with Gasteiger partial charge in [-0.3, -0.25) is 4.57 Å². The molecule has 0 spiro atoms. The van der Waals surface area contributed by atoms with E-state index in [1.165, 1.54) is 0 Å². The second kappa shape index (κ2) is 6.98. The Bertz CT molecular complexity index is 1010. The minimum Gasteiger partial charge on any atom is -0.471 e. The van der Waals surface area contributed by atoms with Crippen LogP contribution in [0, 0.1) is 0 Å². The van der Waals surface area contributed by atoms with Gasteiger partial charge in [-0.15, -0.1) is 0 Å². The lowest BCUT2D eigenvalue weighted by molar-refractivity contribution is 0.287. The van der Waals surface area contributed by atoms with Crippen LogP contribution in [0.2, 0.25) is 0 Å². The van der Waals surface area contributed by atoms with Crippen molar-refractivity contribution in [3.8, 4) is 5.82 Å². The summed E-state index contributed by atoms with van der Waals surface area (Å²) in [5, 5.41) is 0. The molecule has 4 nitrogen and oxygen atoms in total. The summed E-state index contributed by atoms with van der Waals surface area (Å²) >= 11 is 14.2. The van der Waals surface area contributed by atoms with E-state index >= 15 is 0 Å². The highest BCUT2D eigenvalue weighted by Crippen LogP contribution is 2.37. The molecule has 1 aliphatic heterocycles. The van der Waals surface area contributed by atoms with Gasteiger partial charge in [-0.1, -0.05) is 15.9 Å². The highest BCUT2D eigenvalue weighted by atomic mass is 79.9. The minimum absolute atomic E-state index is 0.457. The maximum absolute atomic E-state index is 5.94. The number of halogens is 4. The first kappa shape index (κ1) is 17.5. The van der Waals surface area contributed by atoms with Gasteiger partial charge >= 0.3 is 0 Å². The molecule has 0 amide bonds. The monoisotopic (exact) mass is 587 g/mol. The molecule has 3 aromatic rings. The Morgan fingerprint density at radius 3 is 2.64 bits per heavy atom. The SMILES string of the molecule is Brc1cc(Br)c2c(c1)COC(c1cc(Br)cn1-c1ncccc1Br)=N2. The van der Waals surface area contributed by atoms with Gasteiger partial charge in [0.1, 0.15) is 12.3 Å². The Morgan fingerprint density at radius 1 is 1.00 bits per heavy atom. The van der Waals surface area contributed by atoms with Crippen LogP contribution in [0.25, 0.3) is 5.82 Å². The topological polar surface area (TPSA) is 39.4 Å². The molecule has 1 aromatic carbocycles. The fourth-order valence-electron chi connectivity index (χ4n) is 2.59. The molecule has 0 atom stereocenters. The highest BCUT2D eigenvalue weighted by Gasteiger charge is 2.22. The molecule has 0 radical (unpaired) electrons. The number of aromatic nitrogens is 2. The predicted molar refractivity (Wildman–Crippen MR) is 112 cm³/mol. The molecule has 0 aliphatic carbocycles. The van der Waals surface area contributed by atoms with Crippen molar-refractivity contribution >= 4 is 75.3 Å². The van der Waals surface area contributed by atoms with Gasteiger partial charge in [0.05, 0.1) is 10.2 Å². The van der Waals surface area contributed by atoms with Crippen LogP contribution >= 0.6 is 63.7 Å². The maximum Gasteiger partial charge on any atom is 0.239 e. The quantitative estimate of drug-likeness (QED) is 0.341. The van der Waals surface area contributed by atoms with E-state index < -0.39 is 0 Å². The van der Waals surface area contributed by atoms with E-state index in [0.29, 0.717) is 12.5 Å². The molecule has 0 N–H and O–H groups in total. The molecular weight excluding hydrogens is 582 g/mol. The van der Waals surface area contributed by atoms with Crippen molar-refractivity contribution in [1.29, 1.82) is 0 Å². The number of hydrogen-bond acceptors (Lipinski definition) is 3. The van der Waals surface area contributed by atoms with Gasteiger partial charge < -0.3 is 4.74 Å². The molecule has 4 rings (SSSR count). The third-order valence-corrected chi connectivity index (χ3v) is 5.77. The predicted octanol–water partition coefficient (Wildman–Crippen LogP) is 6.53. The van der Waals surface area contributed by atoms with E-state index in [4.69, 9.17) is 9.73 Å². The zero-order valence-electron chi connectivity index (χ0n) is 12.5. The number of benzene rings is 1. The van der Waals surface area contributed by atoms with Crippen LogP contribution in [0.1, 0.15) is 11.3 Å². The Balaban J connectivity index is 1.87. The van der Waals surface area contributed by atoms with Gasteiger partial charge in [-0.2, -0.15) is 0 Å². The number of rotatable bonds is 2. The van der Waals surface area contributed by atoms with E-state index in [9.17, 15) is 0 Å². The first-order valence-corrected chi connectivity index (χ1v) is 10.4. The van der Waals surface area contributed by atoms with E-state index in [2.05, 4.69) is 68.7 Å². The Hall–Kier alpha value is -0.960. The number of fused-ring (bicyclic) bond motifs is 1. The zero-order valence-corrected chi connectivity index (χ0v) is 18.9. The lowest BCUT2D eigenvalue weighted by atomic mass is 10.2. The number of hydrogen-bond donors (Lipinski definition) is 0. The number of aliphatic imine (C=N–C) groups is 1. The summed E-state index contributed by atoms with van der Waals surface area (Å²) < 4.78 is 11.6. The lowest BCUT2D eigenvalue weighted by Crippen LogP contribution is -2.16. The Labute approximate surface area is 177 Å². The summed E-state index contributed by atoms with van der Waals surface area (Å²) in [4.78, 5) is 9.19. The van der Waals surface area contributed by atoms with Crippen molar-refractivity contribution in [2.75, 3.05) is 0 Å². The highest BCUT2D eigenvalue weighted by molar-refractivity contribution is 9.11. The van der Waals surface area contributed by atoms with Crippen LogP contribution in [0.3, 0.4) is 0 Å². The molecule has 0 saturated carbocycles. The fourth-order valence-corrected chi connectivity index (χ4v) is 4.86. The van der Waals surface area contributed by atoms with Gasteiger partial charge in [0.15, 0.2) is 5.82 Å². The summed E-state index contributed by atoms with van der Waals surface area (Å²) in [5.41, 5.74) is 2.74. The minimum atomic E-state index is 0.457. The first-order valence-electron chi connectivity index (χ1n) is 7.21. The van der Waals surface area contributed by atoms with E-state index in [0.717, 1.165) is 40.7 Å². The van der Waals surface area contributed by atoms with Crippen molar-refractivity contribution in [2.45, 2.75) is 6.61 Å². The summed E-state index contributed by atoms with van der Waals surface area (Å²) in [6, 6.07) is 9.80. The molecule has 0 unspecified atom stereocenters.